The molecule has 0 fully saturated rings. The first-order valence-corrected chi connectivity index (χ1v) is 7.85. The molecule has 25 heavy (non-hydrogen) atoms. The topological polar surface area (TPSA) is 68.2 Å². The Morgan fingerprint density at radius 1 is 1.12 bits per heavy atom. The van der Waals surface area contributed by atoms with Crippen LogP contribution in [0, 0.1) is 13.8 Å². The van der Waals surface area contributed by atoms with E-state index in [0.717, 1.165) is 16.9 Å². The molecule has 3 aromatic rings. The summed E-state index contributed by atoms with van der Waals surface area (Å²) in [6.07, 6.45) is 3.67. The van der Waals surface area contributed by atoms with Crippen molar-refractivity contribution >= 4 is 35.6 Å². The summed E-state index contributed by atoms with van der Waals surface area (Å²) in [5.41, 5.74) is 11.5. The lowest BCUT2D eigenvalue weighted by atomic mass is 10.1. The van der Waals surface area contributed by atoms with E-state index >= 15 is 0 Å². The summed E-state index contributed by atoms with van der Waals surface area (Å²) < 4.78 is 1.82. The Hall–Kier alpha value is -2.35. The van der Waals surface area contributed by atoms with Gasteiger partial charge in [-0.1, -0.05) is 18.2 Å². The van der Waals surface area contributed by atoms with Gasteiger partial charge in [0, 0.05) is 18.1 Å². The fourth-order valence-corrected chi connectivity index (χ4v) is 2.40. The quantitative estimate of drug-likeness (QED) is 0.361. The van der Waals surface area contributed by atoms with Crippen LogP contribution >= 0.6 is 24.0 Å². The number of nitrogens with one attached hydrogen (secondary N) is 1. The predicted molar refractivity (Wildman–Crippen MR) is 114 cm³/mol. The van der Waals surface area contributed by atoms with E-state index in [9.17, 15) is 0 Å². The SMILES string of the molecule is Cc1ccc(NC(N)=NCc2cccc(-n3cccn3)c2)cc1C.I. The molecule has 0 aliphatic carbocycles. The molecular formula is C19H22IN5. The molecule has 5 nitrogen and oxygen atoms in total. The molecule has 0 saturated heterocycles. The van der Waals surface area contributed by atoms with Crippen molar-refractivity contribution in [1.82, 2.24) is 9.78 Å². The van der Waals surface area contributed by atoms with Crippen molar-refractivity contribution in [2.24, 2.45) is 10.7 Å². The van der Waals surface area contributed by atoms with Gasteiger partial charge in [-0.05, 0) is 60.9 Å². The Morgan fingerprint density at radius 3 is 2.68 bits per heavy atom. The van der Waals surface area contributed by atoms with E-state index in [1.807, 2.05) is 41.2 Å². The Kier molecular flexibility index (Phi) is 6.58. The van der Waals surface area contributed by atoms with Gasteiger partial charge in [0.15, 0.2) is 5.96 Å². The van der Waals surface area contributed by atoms with Gasteiger partial charge in [-0.2, -0.15) is 5.10 Å². The number of aromatic nitrogens is 2. The van der Waals surface area contributed by atoms with Gasteiger partial charge >= 0.3 is 0 Å². The Bertz CT molecular complexity index is 856. The van der Waals surface area contributed by atoms with Crippen molar-refractivity contribution < 1.29 is 0 Å². The highest BCUT2D eigenvalue weighted by atomic mass is 127. The molecule has 1 heterocycles. The third kappa shape index (κ3) is 5.06. The highest BCUT2D eigenvalue weighted by Crippen LogP contribution is 2.14. The predicted octanol–water partition coefficient (Wildman–Crippen LogP) is 4.03. The summed E-state index contributed by atoms with van der Waals surface area (Å²) in [7, 11) is 0. The molecule has 0 aliphatic heterocycles. The minimum atomic E-state index is 0. The summed E-state index contributed by atoms with van der Waals surface area (Å²) in [4.78, 5) is 4.42. The third-order valence-electron chi connectivity index (χ3n) is 3.89. The normalized spacial score (nSPS) is 11.0. The zero-order valence-corrected chi connectivity index (χ0v) is 16.6. The van der Waals surface area contributed by atoms with Gasteiger partial charge < -0.3 is 11.1 Å². The number of nitrogens with zero attached hydrogens (tertiary/aromatic N) is 3. The van der Waals surface area contributed by atoms with Gasteiger partial charge in [0.2, 0.25) is 0 Å². The number of rotatable bonds is 4. The van der Waals surface area contributed by atoms with Crippen molar-refractivity contribution in [3.05, 3.63) is 77.6 Å². The molecular weight excluding hydrogens is 425 g/mol. The van der Waals surface area contributed by atoms with Crippen LogP contribution in [0.25, 0.3) is 5.69 Å². The minimum absolute atomic E-state index is 0. The van der Waals surface area contributed by atoms with Crippen molar-refractivity contribution in [3.63, 3.8) is 0 Å². The smallest absolute Gasteiger partial charge is 0.193 e. The average Bonchev–Trinajstić information content (AvgIpc) is 3.11. The molecule has 3 N–H and O–H groups in total. The van der Waals surface area contributed by atoms with Crippen LogP contribution in [0.4, 0.5) is 5.69 Å². The van der Waals surface area contributed by atoms with E-state index in [1.54, 1.807) is 6.20 Å². The molecule has 0 amide bonds. The van der Waals surface area contributed by atoms with Gasteiger partial charge in [-0.3, -0.25) is 0 Å². The van der Waals surface area contributed by atoms with Crippen LogP contribution in [0.5, 0.6) is 0 Å². The average molecular weight is 447 g/mol. The van der Waals surface area contributed by atoms with Gasteiger partial charge in [-0.25, -0.2) is 9.67 Å². The van der Waals surface area contributed by atoms with Gasteiger partial charge in [0.25, 0.3) is 0 Å². The van der Waals surface area contributed by atoms with E-state index < -0.39 is 0 Å². The highest BCUT2D eigenvalue weighted by molar-refractivity contribution is 14.0. The van der Waals surface area contributed by atoms with Crippen LogP contribution in [-0.4, -0.2) is 15.7 Å². The standard InChI is InChI=1S/C19H21N5.HI/c1-14-7-8-17(11-15(14)2)23-19(20)21-13-16-5-3-6-18(12-16)24-10-4-9-22-24;/h3-12H,13H2,1-2H3,(H3,20,21,23);1H. The van der Waals surface area contributed by atoms with Gasteiger partial charge in [0.05, 0.1) is 12.2 Å². The Morgan fingerprint density at radius 2 is 1.96 bits per heavy atom. The minimum Gasteiger partial charge on any atom is -0.370 e. The van der Waals surface area contributed by atoms with Crippen LogP contribution in [-0.2, 0) is 6.54 Å². The maximum Gasteiger partial charge on any atom is 0.193 e. The van der Waals surface area contributed by atoms with E-state index in [1.165, 1.54) is 11.1 Å². The molecule has 1 aromatic heterocycles. The fraction of sp³-hybridized carbons (Fsp3) is 0.158. The van der Waals surface area contributed by atoms with Crippen LogP contribution in [0.15, 0.2) is 65.9 Å². The number of hydrogen-bond donors (Lipinski definition) is 2. The number of benzene rings is 2. The van der Waals surface area contributed by atoms with Crippen LogP contribution < -0.4 is 11.1 Å². The second-order valence-corrected chi connectivity index (χ2v) is 5.75. The fourth-order valence-electron chi connectivity index (χ4n) is 2.40. The molecule has 0 unspecified atom stereocenters. The molecule has 3 rings (SSSR count). The summed E-state index contributed by atoms with van der Waals surface area (Å²) in [6.45, 7) is 4.68. The summed E-state index contributed by atoms with van der Waals surface area (Å²) >= 11 is 0. The summed E-state index contributed by atoms with van der Waals surface area (Å²) in [6, 6.07) is 16.1. The first kappa shape index (κ1) is 19.0. The Labute approximate surface area is 165 Å². The second-order valence-electron chi connectivity index (χ2n) is 5.75. The molecule has 0 bridgehead atoms. The molecule has 0 radical (unpaired) electrons. The lowest BCUT2D eigenvalue weighted by molar-refractivity contribution is 0.876. The number of aliphatic imine (C=N–C) groups is 1. The first-order chi connectivity index (χ1) is 11.6. The largest absolute Gasteiger partial charge is 0.370 e. The van der Waals surface area contributed by atoms with Crippen molar-refractivity contribution in [2.75, 3.05) is 5.32 Å². The number of hydrogen-bond acceptors (Lipinski definition) is 2. The van der Waals surface area contributed by atoms with E-state index in [0.29, 0.717) is 12.5 Å². The zero-order chi connectivity index (χ0) is 16.9. The van der Waals surface area contributed by atoms with Crippen molar-refractivity contribution in [3.8, 4) is 5.69 Å². The summed E-state index contributed by atoms with van der Waals surface area (Å²) in [5, 5.41) is 7.37. The molecule has 0 saturated carbocycles. The number of halogens is 1. The molecule has 2 aromatic carbocycles. The number of anilines is 1. The number of aryl methyl sites for hydroxylation is 2. The number of nitrogens with two attached hydrogens (primary N) is 1. The number of guanidine groups is 1. The maximum atomic E-state index is 6.00. The molecule has 130 valence electrons. The third-order valence-corrected chi connectivity index (χ3v) is 3.89. The van der Waals surface area contributed by atoms with Gasteiger partial charge in [0.1, 0.15) is 0 Å². The molecule has 0 spiro atoms. The zero-order valence-electron chi connectivity index (χ0n) is 14.3. The monoisotopic (exact) mass is 447 g/mol. The van der Waals surface area contributed by atoms with Gasteiger partial charge in [-0.15, -0.1) is 24.0 Å². The molecule has 0 aliphatic rings. The van der Waals surface area contributed by atoms with Crippen LogP contribution in [0.2, 0.25) is 0 Å². The van der Waals surface area contributed by atoms with E-state index in [-0.39, 0.29) is 24.0 Å². The Balaban J connectivity index is 0.00000225. The first-order valence-electron chi connectivity index (χ1n) is 7.85. The van der Waals surface area contributed by atoms with Crippen molar-refractivity contribution in [1.29, 1.82) is 0 Å². The highest BCUT2D eigenvalue weighted by Gasteiger charge is 2.00. The lowest BCUT2D eigenvalue weighted by Crippen LogP contribution is -2.22. The molecule has 6 heteroatoms. The molecule has 0 atom stereocenters. The lowest BCUT2D eigenvalue weighted by Gasteiger charge is -2.08. The van der Waals surface area contributed by atoms with Crippen molar-refractivity contribution in [2.45, 2.75) is 20.4 Å². The summed E-state index contributed by atoms with van der Waals surface area (Å²) in [5.74, 6) is 0.405. The van der Waals surface area contributed by atoms with E-state index in [4.69, 9.17) is 5.73 Å². The van der Waals surface area contributed by atoms with Crippen LogP contribution in [0.1, 0.15) is 16.7 Å². The maximum absolute atomic E-state index is 6.00. The van der Waals surface area contributed by atoms with Crippen LogP contribution in [0.3, 0.4) is 0 Å². The van der Waals surface area contributed by atoms with E-state index in [2.05, 4.69) is 47.5 Å². The second kappa shape index (κ2) is 8.66.